The molecule has 0 atom stereocenters. The van der Waals surface area contributed by atoms with Crippen LogP contribution >= 0.6 is 19.4 Å². The summed E-state index contributed by atoms with van der Waals surface area (Å²) in [6, 6.07) is 0. The van der Waals surface area contributed by atoms with Gasteiger partial charge in [-0.2, -0.15) is 0 Å². The maximum atomic E-state index is 4.95. The quantitative estimate of drug-likeness (QED) is 0.434. The molecule has 0 saturated heterocycles. The van der Waals surface area contributed by atoms with Crippen molar-refractivity contribution in [3.05, 3.63) is 0 Å². The molecule has 0 aromatic heterocycles. The SMILES string of the molecule is O.O.O.[Cl][Zn][Cl]. The van der Waals surface area contributed by atoms with Crippen LogP contribution in [0.4, 0.5) is 0 Å². The Labute approximate surface area is 51.2 Å². The molecule has 0 fully saturated rings. The maximum absolute atomic E-state index is 4.95. The summed E-state index contributed by atoms with van der Waals surface area (Å²) in [4.78, 5) is 0. The van der Waals surface area contributed by atoms with E-state index in [1.54, 1.807) is 0 Å². The summed E-state index contributed by atoms with van der Waals surface area (Å²) in [5.74, 6) is 0. The summed E-state index contributed by atoms with van der Waals surface area (Å²) < 4.78 is 0. The first-order chi connectivity index (χ1) is 1.41. The van der Waals surface area contributed by atoms with E-state index >= 15 is 0 Å². The third-order valence-electron chi connectivity index (χ3n) is 0. The molecule has 0 rings (SSSR count). The Morgan fingerprint density at radius 1 is 0.833 bits per heavy atom. The molecule has 0 bridgehead atoms. The van der Waals surface area contributed by atoms with Crippen molar-refractivity contribution in [1.29, 1.82) is 0 Å². The molecule has 0 unspecified atom stereocenters. The van der Waals surface area contributed by atoms with E-state index in [-0.39, 0.29) is 16.4 Å². The number of halogens is 2. The molecule has 0 aliphatic heterocycles. The molecule has 0 aromatic carbocycles. The Hall–Kier alpha value is 1.08. The Morgan fingerprint density at radius 2 is 0.833 bits per heavy atom. The van der Waals surface area contributed by atoms with Gasteiger partial charge in [0.15, 0.2) is 0 Å². The average Bonchev–Trinajstić information content (AvgIpc) is 0.918. The summed E-state index contributed by atoms with van der Waals surface area (Å²) >= 11 is -0.931. The number of rotatable bonds is 0. The Morgan fingerprint density at radius 3 is 0.833 bits per heavy atom. The van der Waals surface area contributed by atoms with Gasteiger partial charge >= 0.3 is 34.5 Å². The first-order valence-electron chi connectivity index (χ1n) is 0.535. The normalized spacial score (nSPS) is 1.67. The fraction of sp³-hybridized carbons (Fsp3) is 0. The molecule has 0 spiro atoms. The summed E-state index contributed by atoms with van der Waals surface area (Å²) in [5.41, 5.74) is 0. The van der Waals surface area contributed by atoms with Crippen molar-refractivity contribution < 1.29 is 31.6 Å². The summed E-state index contributed by atoms with van der Waals surface area (Å²) in [5, 5.41) is 0. The topological polar surface area (TPSA) is 94.5 Å². The van der Waals surface area contributed by atoms with Gasteiger partial charge in [-0.25, -0.2) is 0 Å². The summed E-state index contributed by atoms with van der Waals surface area (Å²) in [6.07, 6.45) is 0. The second-order valence-electron chi connectivity index (χ2n) is 0.101. The molecular formula is H6Cl2O3Zn. The van der Waals surface area contributed by atoms with Crippen LogP contribution in [0.25, 0.3) is 0 Å². The van der Waals surface area contributed by atoms with Crippen molar-refractivity contribution in [1.82, 2.24) is 0 Å². The van der Waals surface area contributed by atoms with E-state index in [0.29, 0.717) is 0 Å². The van der Waals surface area contributed by atoms with Gasteiger partial charge in [-0.15, -0.1) is 0 Å². The molecule has 40 valence electrons. The zero-order valence-corrected chi connectivity index (χ0v) is 7.44. The molecule has 0 aliphatic carbocycles. The molecule has 0 aromatic rings. The van der Waals surface area contributed by atoms with Gasteiger partial charge in [0.2, 0.25) is 0 Å². The zero-order valence-electron chi connectivity index (χ0n) is 2.96. The third kappa shape index (κ3) is 72.2. The van der Waals surface area contributed by atoms with Gasteiger partial charge in [-0.3, -0.25) is 0 Å². The van der Waals surface area contributed by atoms with Crippen LogP contribution in [-0.2, 0) is 15.1 Å². The van der Waals surface area contributed by atoms with E-state index in [0.717, 1.165) is 0 Å². The van der Waals surface area contributed by atoms with Crippen LogP contribution in [0.1, 0.15) is 0 Å². The average molecular weight is 190 g/mol. The van der Waals surface area contributed by atoms with Crippen LogP contribution in [0, 0.1) is 0 Å². The van der Waals surface area contributed by atoms with E-state index in [9.17, 15) is 0 Å². The van der Waals surface area contributed by atoms with Crippen LogP contribution in [-0.4, -0.2) is 16.4 Å². The van der Waals surface area contributed by atoms with Gasteiger partial charge < -0.3 is 16.4 Å². The number of hydrogen-bond donors (Lipinski definition) is 0. The third-order valence-corrected chi connectivity index (χ3v) is 0. The molecule has 0 amide bonds. The number of hydrogen-bond acceptors (Lipinski definition) is 0. The second kappa shape index (κ2) is 36.2. The van der Waals surface area contributed by atoms with Crippen LogP contribution in [0.3, 0.4) is 0 Å². The van der Waals surface area contributed by atoms with Crippen LogP contribution in [0.15, 0.2) is 0 Å². The first kappa shape index (κ1) is 27.6. The minimum absolute atomic E-state index is 0. The standard InChI is InChI=1S/2ClH.3H2O.Zn/h2*1H;3*1H2;/q;;;;;+2/p-2. The molecule has 6 N–H and O–H groups in total. The Bertz CT molecular complexity index is 8.75. The Balaban J connectivity index is -0.00000000667. The van der Waals surface area contributed by atoms with Gasteiger partial charge in [0.1, 0.15) is 0 Å². The van der Waals surface area contributed by atoms with Crippen molar-refractivity contribution in [2.45, 2.75) is 0 Å². The van der Waals surface area contributed by atoms with Crippen molar-refractivity contribution >= 4 is 19.4 Å². The van der Waals surface area contributed by atoms with Gasteiger partial charge in [-0.1, -0.05) is 0 Å². The summed E-state index contributed by atoms with van der Waals surface area (Å²) in [7, 11) is 9.90. The molecule has 6 heteroatoms. The zero-order chi connectivity index (χ0) is 2.71. The van der Waals surface area contributed by atoms with Crippen molar-refractivity contribution in [3.8, 4) is 0 Å². The molecular weight excluding hydrogens is 184 g/mol. The molecule has 6 heavy (non-hydrogen) atoms. The van der Waals surface area contributed by atoms with Crippen LogP contribution in [0.2, 0.25) is 0 Å². The van der Waals surface area contributed by atoms with E-state index in [4.69, 9.17) is 19.4 Å². The Kier molecular flexibility index (Phi) is 166. The second-order valence-corrected chi connectivity index (χ2v) is 4.72. The van der Waals surface area contributed by atoms with E-state index in [2.05, 4.69) is 0 Å². The van der Waals surface area contributed by atoms with Crippen molar-refractivity contribution in [2.24, 2.45) is 0 Å². The molecule has 3 nitrogen and oxygen atoms in total. The molecule has 0 heterocycles. The first-order valence-corrected chi connectivity index (χ1v) is 8.33. The van der Waals surface area contributed by atoms with Crippen molar-refractivity contribution in [3.63, 3.8) is 0 Å². The molecule has 0 radical (unpaired) electrons. The van der Waals surface area contributed by atoms with E-state index < -0.39 is 15.1 Å². The minimum atomic E-state index is -0.931. The van der Waals surface area contributed by atoms with Gasteiger partial charge in [-0.05, 0) is 0 Å². The van der Waals surface area contributed by atoms with Crippen LogP contribution < -0.4 is 0 Å². The molecule has 0 saturated carbocycles. The van der Waals surface area contributed by atoms with E-state index in [1.165, 1.54) is 0 Å². The van der Waals surface area contributed by atoms with E-state index in [1.807, 2.05) is 0 Å². The van der Waals surface area contributed by atoms with Crippen molar-refractivity contribution in [2.75, 3.05) is 0 Å². The van der Waals surface area contributed by atoms with Gasteiger partial charge in [0.05, 0.1) is 0 Å². The van der Waals surface area contributed by atoms with Gasteiger partial charge in [0, 0.05) is 0 Å². The molecule has 0 aliphatic rings. The van der Waals surface area contributed by atoms with Crippen LogP contribution in [0.5, 0.6) is 0 Å². The predicted molar refractivity (Wildman–Crippen MR) is 22.5 cm³/mol. The fourth-order valence-corrected chi connectivity index (χ4v) is 0. The summed E-state index contributed by atoms with van der Waals surface area (Å²) in [6.45, 7) is 0. The fourth-order valence-electron chi connectivity index (χ4n) is 0. The van der Waals surface area contributed by atoms with Gasteiger partial charge in [0.25, 0.3) is 0 Å². The monoisotopic (exact) mass is 188 g/mol. The predicted octanol–water partition coefficient (Wildman–Crippen LogP) is -1.10.